The summed E-state index contributed by atoms with van der Waals surface area (Å²) in [4.78, 5) is 1.61. The second-order valence-corrected chi connectivity index (χ2v) is 6.58. The van der Waals surface area contributed by atoms with Crippen molar-refractivity contribution in [3.63, 3.8) is 0 Å². The van der Waals surface area contributed by atoms with Crippen molar-refractivity contribution < 1.29 is 33.6 Å². The summed E-state index contributed by atoms with van der Waals surface area (Å²) in [5, 5.41) is 38.8. The Morgan fingerprint density at radius 3 is 2.39 bits per heavy atom. The number of piperidine rings is 1. The highest BCUT2D eigenvalue weighted by Gasteiger charge is 2.43. The number of rotatable bonds is 3. The van der Waals surface area contributed by atoms with Gasteiger partial charge in [-0.3, -0.25) is 4.90 Å². The van der Waals surface area contributed by atoms with Gasteiger partial charge in [0.1, 0.15) is 12.2 Å². The number of likely N-dealkylation sites (tertiary alicyclic amines) is 1. The lowest BCUT2D eigenvalue weighted by Gasteiger charge is -2.46. The quantitative estimate of drug-likeness (QED) is 0.591. The molecule has 0 aromatic rings. The lowest BCUT2D eigenvalue weighted by Crippen LogP contribution is -2.63. The summed E-state index contributed by atoms with van der Waals surface area (Å²) in [5.74, 6) is 0. The SMILES string of the molecule is CC1(CN2C[C@H](O)[C@@H](O)[C@H](O)[C@H]2CO)C=CC(C(F)(F)F)=CC1. The number of hydrogen-bond donors (Lipinski definition) is 4. The van der Waals surface area contributed by atoms with Crippen molar-refractivity contribution in [3.8, 4) is 0 Å². The van der Waals surface area contributed by atoms with Crippen LogP contribution in [-0.2, 0) is 0 Å². The minimum atomic E-state index is -4.38. The molecule has 23 heavy (non-hydrogen) atoms. The van der Waals surface area contributed by atoms with Gasteiger partial charge >= 0.3 is 6.18 Å². The minimum absolute atomic E-state index is 0.0305. The topological polar surface area (TPSA) is 84.2 Å². The van der Waals surface area contributed by atoms with E-state index in [4.69, 9.17) is 0 Å². The summed E-state index contributed by atoms with van der Waals surface area (Å²) in [6.45, 7) is 1.62. The zero-order valence-electron chi connectivity index (χ0n) is 12.7. The maximum Gasteiger partial charge on any atom is 0.416 e. The smallest absolute Gasteiger partial charge is 0.395 e. The van der Waals surface area contributed by atoms with Gasteiger partial charge in [0.25, 0.3) is 0 Å². The number of β-amino-alcohol motifs (C(OH)–C–C–N with tert-alkyl or cyclic N) is 1. The molecule has 2 aliphatic rings. The van der Waals surface area contributed by atoms with E-state index in [9.17, 15) is 33.6 Å². The van der Waals surface area contributed by atoms with Crippen molar-refractivity contribution in [2.45, 2.75) is 43.9 Å². The normalized spacial score (nSPS) is 39.4. The monoisotopic (exact) mass is 337 g/mol. The van der Waals surface area contributed by atoms with Gasteiger partial charge in [0, 0.05) is 18.5 Å². The zero-order valence-corrected chi connectivity index (χ0v) is 12.7. The van der Waals surface area contributed by atoms with Crippen LogP contribution in [0.4, 0.5) is 13.2 Å². The van der Waals surface area contributed by atoms with E-state index >= 15 is 0 Å². The molecule has 0 aromatic heterocycles. The van der Waals surface area contributed by atoms with Crippen LogP contribution in [-0.4, -0.2) is 75.6 Å². The Kier molecular flexibility index (Phi) is 5.22. The Hall–Kier alpha value is -0.930. The molecule has 1 unspecified atom stereocenters. The van der Waals surface area contributed by atoms with Crippen LogP contribution in [0.5, 0.6) is 0 Å². The predicted molar refractivity (Wildman–Crippen MR) is 76.5 cm³/mol. The van der Waals surface area contributed by atoms with E-state index in [2.05, 4.69) is 0 Å². The molecule has 1 aliphatic carbocycles. The van der Waals surface area contributed by atoms with E-state index < -0.39 is 48.1 Å². The first-order valence-electron chi connectivity index (χ1n) is 7.43. The number of halogens is 3. The van der Waals surface area contributed by atoms with E-state index in [1.807, 2.05) is 0 Å². The van der Waals surface area contributed by atoms with Crippen LogP contribution in [0.25, 0.3) is 0 Å². The van der Waals surface area contributed by atoms with Crippen molar-refractivity contribution in [2.75, 3.05) is 19.7 Å². The molecule has 1 fully saturated rings. The molecule has 0 bridgehead atoms. The van der Waals surface area contributed by atoms with Crippen LogP contribution >= 0.6 is 0 Å². The van der Waals surface area contributed by atoms with Gasteiger partial charge in [-0.25, -0.2) is 0 Å². The molecule has 4 N–H and O–H groups in total. The van der Waals surface area contributed by atoms with E-state index in [0.29, 0.717) is 0 Å². The Morgan fingerprint density at radius 1 is 1.26 bits per heavy atom. The number of aliphatic hydroxyl groups is 4. The van der Waals surface area contributed by atoms with Gasteiger partial charge in [-0.05, 0) is 6.42 Å². The van der Waals surface area contributed by atoms with Crippen LogP contribution in [0.15, 0.2) is 23.8 Å². The van der Waals surface area contributed by atoms with Gasteiger partial charge in [-0.2, -0.15) is 13.2 Å². The van der Waals surface area contributed by atoms with Crippen molar-refractivity contribution in [1.29, 1.82) is 0 Å². The third kappa shape index (κ3) is 3.95. The third-order valence-corrected chi connectivity index (χ3v) is 4.56. The molecule has 1 aliphatic heterocycles. The zero-order chi connectivity index (χ0) is 17.4. The molecule has 2 rings (SSSR count). The molecule has 0 amide bonds. The fourth-order valence-electron chi connectivity index (χ4n) is 3.12. The summed E-state index contributed by atoms with van der Waals surface area (Å²) >= 11 is 0. The number of allylic oxidation sites excluding steroid dienone is 3. The van der Waals surface area contributed by atoms with Gasteiger partial charge in [0.15, 0.2) is 0 Å². The fraction of sp³-hybridized carbons (Fsp3) is 0.733. The lowest BCUT2D eigenvalue weighted by atomic mass is 9.80. The van der Waals surface area contributed by atoms with Crippen molar-refractivity contribution in [3.05, 3.63) is 23.8 Å². The number of nitrogens with zero attached hydrogens (tertiary/aromatic N) is 1. The maximum atomic E-state index is 12.7. The Labute approximate surface area is 132 Å². The third-order valence-electron chi connectivity index (χ3n) is 4.56. The van der Waals surface area contributed by atoms with Crippen molar-refractivity contribution in [1.82, 2.24) is 4.90 Å². The molecule has 8 heteroatoms. The van der Waals surface area contributed by atoms with Gasteiger partial charge < -0.3 is 20.4 Å². The van der Waals surface area contributed by atoms with Crippen LogP contribution in [0, 0.1) is 5.41 Å². The van der Waals surface area contributed by atoms with Crippen LogP contribution in [0.1, 0.15) is 13.3 Å². The van der Waals surface area contributed by atoms with E-state index in [-0.39, 0.29) is 19.5 Å². The molecule has 0 aromatic carbocycles. The number of aliphatic hydroxyl groups excluding tert-OH is 4. The van der Waals surface area contributed by atoms with Crippen LogP contribution in [0.3, 0.4) is 0 Å². The highest BCUT2D eigenvalue weighted by molar-refractivity contribution is 5.30. The first-order chi connectivity index (χ1) is 10.6. The van der Waals surface area contributed by atoms with Crippen molar-refractivity contribution in [2.24, 2.45) is 5.41 Å². The lowest BCUT2D eigenvalue weighted by molar-refractivity contribution is -0.149. The van der Waals surface area contributed by atoms with Crippen LogP contribution in [0.2, 0.25) is 0 Å². The molecule has 5 atom stereocenters. The average molecular weight is 337 g/mol. The van der Waals surface area contributed by atoms with E-state index in [0.717, 1.165) is 12.2 Å². The molecule has 5 nitrogen and oxygen atoms in total. The Bertz CT molecular complexity index is 494. The molecule has 0 spiro atoms. The summed E-state index contributed by atoms with van der Waals surface area (Å²) < 4.78 is 38.0. The molecular weight excluding hydrogens is 315 g/mol. The first-order valence-corrected chi connectivity index (χ1v) is 7.43. The summed E-state index contributed by atoms with van der Waals surface area (Å²) in [6, 6.07) is -0.772. The van der Waals surface area contributed by atoms with Gasteiger partial charge in [-0.15, -0.1) is 0 Å². The molecule has 0 saturated carbocycles. The summed E-state index contributed by atoms with van der Waals surface area (Å²) in [5.41, 5.74) is -1.31. The largest absolute Gasteiger partial charge is 0.416 e. The standard InChI is InChI=1S/C15H22F3NO4/c1-14(4-2-9(3-5-14)15(16,17)18)8-19-6-11(21)13(23)12(22)10(19)7-20/h2-4,10-13,20-23H,5-8H2,1H3/t10-,11+,12-,13-,14?/m1/s1. The van der Waals surface area contributed by atoms with E-state index in [1.54, 1.807) is 11.8 Å². The Morgan fingerprint density at radius 2 is 1.91 bits per heavy atom. The second kappa shape index (κ2) is 6.52. The van der Waals surface area contributed by atoms with Crippen LogP contribution < -0.4 is 0 Å². The molecular formula is C15H22F3NO4. The molecule has 1 saturated heterocycles. The fourth-order valence-corrected chi connectivity index (χ4v) is 3.12. The van der Waals surface area contributed by atoms with Gasteiger partial charge in [0.2, 0.25) is 0 Å². The molecule has 132 valence electrons. The summed E-state index contributed by atoms with van der Waals surface area (Å²) in [7, 11) is 0. The summed E-state index contributed by atoms with van der Waals surface area (Å²) in [6.07, 6.45) is -4.45. The molecule has 1 heterocycles. The van der Waals surface area contributed by atoms with Gasteiger partial charge in [0.05, 0.1) is 24.3 Å². The predicted octanol–water partition coefficient (Wildman–Crippen LogP) is 0.200. The first kappa shape index (κ1) is 18.4. The van der Waals surface area contributed by atoms with Crippen molar-refractivity contribution >= 4 is 0 Å². The highest BCUT2D eigenvalue weighted by atomic mass is 19.4. The molecule has 0 radical (unpaired) electrons. The minimum Gasteiger partial charge on any atom is -0.395 e. The van der Waals surface area contributed by atoms with E-state index in [1.165, 1.54) is 6.08 Å². The average Bonchev–Trinajstić information content (AvgIpc) is 2.44. The highest BCUT2D eigenvalue weighted by Crippen LogP contribution is 2.37. The maximum absolute atomic E-state index is 12.7. The number of alkyl halides is 3. The number of hydrogen-bond acceptors (Lipinski definition) is 5. The van der Waals surface area contributed by atoms with Gasteiger partial charge in [-0.1, -0.05) is 25.2 Å². The Balaban J connectivity index is 2.09. The second-order valence-electron chi connectivity index (χ2n) is 6.58.